The lowest BCUT2D eigenvalue weighted by Crippen LogP contribution is -2.27. The van der Waals surface area contributed by atoms with Crippen LogP contribution >= 0.6 is 0 Å². The van der Waals surface area contributed by atoms with Gasteiger partial charge in [-0.05, 0) is 12.5 Å². The normalized spacial score (nSPS) is 11.3. The molecule has 0 aliphatic heterocycles. The van der Waals surface area contributed by atoms with E-state index in [2.05, 4.69) is 15.8 Å². The van der Waals surface area contributed by atoms with Crippen LogP contribution in [0.3, 0.4) is 0 Å². The molecule has 5 N–H and O–H groups in total. The summed E-state index contributed by atoms with van der Waals surface area (Å²) in [5.41, 5.74) is 7.22. The molecule has 0 heterocycles. The SMILES string of the molecule is CCNC(=O)CCNCc1ccc(/C(N)=N/O)cc1. The molecule has 1 aromatic carbocycles. The maximum Gasteiger partial charge on any atom is 0.221 e. The molecule has 104 valence electrons. The summed E-state index contributed by atoms with van der Waals surface area (Å²) >= 11 is 0. The van der Waals surface area contributed by atoms with Crippen molar-refractivity contribution in [2.75, 3.05) is 13.1 Å². The zero-order valence-electron chi connectivity index (χ0n) is 11.0. The third kappa shape index (κ3) is 5.39. The quantitative estimate of drug-likeness (QED) is 0.188. The standard InChI is InChI=1S/C13H20N4O2/c1-2-16-12(18)7-8-15-9-10-3-5-11(6-4-10)13(14)17-19/h3-6,15,19H,2,7-9H2,1H3,(H2,14,17)(H,16,18). The Hall–Kier alpha value is -2.08. The van der Waals surface area contributed by atoms with Gasteiger partial charge in [0.25, 0.3) is 0 Å². The van der Waals surface area contributed by atoms with Gasteiger partial charge in [0.1, 0.15) is 0 Å². The summed E-state index contributed by atoms with van der Waals surface area (Å²) in [4.78, 5) is 11.2. The minimum Gasteiger partial charge on any atom is -0.409 e. The largest absolute Gasteiger partial charge is 0.409 e. The van der Waals surface area contributed by atoms with Crippen LogP contribution in [0, 0.1) is 0 Å². The van der Waals surface area contributed by atoms with Crippen LogP contribution in [-0.4, -0.2) is 30.0 Å². The number of nitrogens with one attached hydrogen (secondary N) is 2. The van der Waals surface area contributed by atoms with Gasteiger partial charge in [-0.25, -0.2) is 0 Å². The molecule has 19 heavy (non-hydrogen) atoms. The van der Waals surface area contributed by atoms with E-state index in [4.69, 9.17) is 10.9 Å². The monoisotopic (exact) mass is 264 g/mol. The Labute approximate surface area is 112 Å². The van der Waals surface area contributed by atoms with E-state index in [1.54, 1.807) is 12.1 Å². The highest BCUT2D eigenvalue weighted by Gasteiger charge is 2.00. The molecule has 0 spiro atoms. The van der Waals surface area contributed by atoms with Crippen LogP contribution in [0.25, 0.3) is 0 Å². The highest BCUT2D eigenvalue weighted by molar-refractivity contribution is 5.96. The van der Waals surface area contributed by atoms with Crippen molar-refractivity contribution in [3.8, 4) is 0 Å². The molecule has 0 saturated heterocycles. The number of amidine groups is 1. The molecule has 0 aliphatic carbocycles. The van der Waals surface area contributed by atoms with Crippen LogP contribution in [-0.2, 0) is 11.3 Å². The van der Waals surface area contributed by atoms with E-state index >= 15 is 0 Å². The third-order valence-electron chi connectivity index (χ3n) is 2.59. The summed E-state index contributed by atoms with van der Waals surface area (Å²) in [5.74, 6) is 0.146. The first kappa shape index (κ1) is 15.0. The van der Waals surface area contributed by atoms with E-state index in [0.29, 0.717) is 31.6 Å². The van der Waals surface area contributed by atoms with Crippen molar-refractivity contribution < 1.29 is 10.0 Å². The minimum absolute atomic E-state index is 0.0530. The van der Waals surface area contributed by atoms with Gasteiger partial charge in [-0.15, -0.1) is 0 Å². The predicted octanol–water partition coefficient (Wildman–Crippen LogP) is 0.397. The first-order valence-electron chi connectivity index (χ1n) is 6.21. The Morgan fingerprint density at radius 1 is 1.37 bits per heavy atom. The summed E-state index contributed by atoms with van der Waals surface area (Å²) in [6, 6.07) is 7.37. The molecule has 0 saturated carbocycles. The van der Waals surface area contributed by atoms with Gasteiger partial charge < -0.3 is 21.6 Å². The summed E-state index contributed by atoms with van der Waals surface area (Å²) in [6.07, 6.45) is 0.468. The second-order valence-corrected chi connectivity index (χ2v) is 4.06. The molecule has 1 rings (SSSR count). The molecular weight excluding hydrogens is 244 g/mol. The van der Waals surface area contributed by atoms with E-state index in [1.807, 2.05) is 19.1 Å². The fourth-order valence-corrected chi connectivity index (χ4v) is 1.57. The Kier molecular flexibility index (Phi) is 6.38. The van der Waals surface area contributed by atoms with Crippen LogP contribution in [0.2, 0.25) is 0 Å². The lowest BCUT2D eigenvalue weighted by atomic mass is 10.1. The fraction of sp³-hybridized carbons (Fsp3) is 0.385. The van der Waals surface area contributed by atoms with E-state index < -0.39 is 0 Å². The van der Waals surface area contributed by atoms with Crippen molar-refractivity contribution in [2.45, 2.75) is 19.9 Å². The maximum absolute atomic E-state index is 11.2. The zero-order valence-corrected chi connectivity index (χ0v) is 11.0. The maximum atomic E-state index is 11.2. The van der Waals surface area contributed by atoms with Crippen molar-refractivity contribution in [1.29, 1.82) is 0 Å². The molecule has 0 aliphatic rings. The van der Waals surface area contributed by atoms with Crippen molar-refractivity contribution in [3.05, 3.63) is 35.4 Å². The molecule has 0 aromatic heterocycles. The molecular formula is C13H20N4O2. The predicted molar refractivity (Wildman–Crippen MR) is 74.0 cm³/mol. The molecule has 6 heteroatoms. The highest BCUT2D eigenvalue weighted by atomic mass is 16.4. The molecule has 1 amide bonds. The first-order valence-corrected chi connectivity index (χ1v) is 6.21. The lowest BCUT2D eigenvalue weighted by Gasteiger charge is -2.06. The summed E-state index contributed by atoms with van der Waals surface area (Å²) in [7, 11) is 0. The van der Waals surface area contributed by atoms with Crippen LogP contribution in [0.5, 0.6) is 0 Å². The number of amides is 1. The molecule has 1 aromatic rings. The minimum atomic E-state index is 0.0530. The number of nitrogens with two attached hydrogens (primary N) is 1. The van der Waals surface area contributed by atoms with Crippen molar-refractivity contribution >= 4 is 11.7 Å². The number of carbonyl (C=O) groups excluding carboxylic acids is 1. The van der Waals surface area contributed by atoms with E-state index in [9.17, 15) is 4.79 Å². The zero-order chi connectivity index (χ0) is 14.1. The van der Waals surface area contributed by atoms with Gasteiger partial charge in [-0.3, -0.25) is 4.79 Å². The number of nitrogens with zero attached hydrogens (tertiary/aromatic N) is 1. The molecule has 0 unspecified atom stereocenters. The summed E-state index contributed by atoms with van der Waals surface area (Å²) in [6.45, 7) is 3.87. The Morgan fingerprint density at radius 2 is 2.05 bits per heavy atom. The Morgan fingerprint density at radius 3 is 2.63 bits per heavy atom. The number of rotatable bonds is 7. The van der Waals surface area contributed by atoms with Gasteiger partial charge in [0.2, 0.25) is 5.91 Å². The van der Waals surface area contributed by atoms with Crippen LogP contribution in [0.4, 0.5) is 0 Å². The van der Waals surface area contributed by atoms with E-state index in [-0.39, 0.29) is 11.7 Å². The smallest absolute Gasteiger partial charge is 0.221 e. The number of benzene rings is 1. The van der Waals surface area contributed by atoms with E-state index in [0.717, 1.165) is 5.56 Å². The van der Waals surface area contributed by atoms with Gasteiger partial charge in [-0.1, -0.05) is 29.4 Å². The van der Waals surface area contributed by atoms with Crippen molar-refractivity contribution in [2.24, 2.45) is 10.9 Å². The van der Waals surface area contributed by atoms with E-state index in [1.165, 1.54) is 0 Å². The molecule has 0 bridgehead atoms. The van der Waals surface area contributed by atoms with Crippen molar-refractivity contribution in [3.63, 3.8) is 0 Å². The number of hydrogen-bond donors (Lipinski definition) is 4. The molecule has 0 fully saturated rings. The second kappa shape index (κ2) is 8.10. The van der Waals surface area contributed by atoms with Crippen LogP contribution in [0.15, 0.2) is 29.4 Å². The van der Waals surface area contributed by atoms with Crippen LogP contribution in [0.1, 0.15) is 24.5 Å². The number of carbonyl (C=O) groups is 1. The Bertz CT molecular complexity index is 429. The van der Waals surface area contributed by atoms with Gasteiger partial charge in [0.05, 0.1) is 0 Å². The number of hydrogen-bond acceptors (Lipinski definition) is 4. The van der Waals surface area contributed by atoms with Gasteiger partial charge in [0.15, 0.2) is 5.84 Å². The highest BCUT2D eigenvalue weighted by Crippen LogP contribution is 2.03. The molecule has 0 radical (unpaired) electrons. The van der Waals surface area contributed by atoms with Crippen molar-refractivity contribution in [1.82, 2.24) is 10.6 Å². The topological polar surface area (TPSA) is 99.7 Å². The summed E-state index contributed by atoms with van der Waals surface area (Å²) < 4.78 is 0. The molecule has 6 nitrogen and oxygen atoms in total. The first-order chi connectivity index (χ1) is 9.17. The molecule has 0 atom stereocenters. The summed E-state index contributed by atoms with van der Waals surface area (Å²) in [5, 5.41) is 17.4. The fourth-order valence-electron chi connectivity index (χ4n) is 1.57. The van der Waals surface area contributed by atoms with Gasteiger partial charge in [-0.2, -0.15) is 0 Å². The third-order valence-corrected chi connectivity index (χ3v) is 2.59. The second-order valence-electron chi connectivity index (χ2n) is 4.06. The van der Waals surface area contributed by atoms with Gasteiger partial charge in [0, 0.05) is 31.6 Å². The number of oxime groups is 1. The lowest BCUT2D eigenvalue weighted by molar-refractivity contribution is -0.120. The van der Waals surface area contributed by atoms with Crippen LogP contribution < -0.4 is 16.4 Å². The average molecular weight is 264 g/mol. The average Bonchev–Trinajstić information content (AvgIpc) is 2.44. The Balaban J connectivity index is 2.32. The van der Waals surface area contributed by atoms with Gasteiger partial charge >= 0.3 is 0 Å².